The number of amides is 1. The van der Waals surface area contributed by atoms with Crippen molar-refractivity contribution in [3.05, 3.63) is 54.0 Å². The van der Waals surface area contributed by atoms with E-state index in [9.17, 15) is 14.4 Å². The zero-order valence-corrected chi connectivity index (χ0v) is 16.1. The monoisotopic (exact) mass is 411 g/mol. The molecule has 0 aliphatic heterocycles. The first kappa shape index (κ1) is 18.7. The van der Waals surface area contributed by atoms with Crippen LogP contribution in [0.25, 0.3) is 21.3 Å². The molecule has 0 aliphatic carbocycles. The number of nitrogens with two attached hydrogens (primary N) is 1. The summed E-state index contributed by atoms with van der Waals surface area (Å²) in [6.45, 7) is 1.99. The van der Waals surface area contributed by atoms with Crippen molar-refractivity contribution < 1.29 is 4.79 Å². The number of benzene rings is 1. The summed E-state index contributed by atoms with van der Waals surface area (Å²) in [5.41, 5.74) is 5.67. The topological polar surface area (TPSA) is 97.9 Å². The molecule has 0 fully saturated rings. The molecule has 3 rings (SSSR count). The van der Waals surface area contributed by atoms with Gasteiger partial charge in [0.05, 0.1) is 15.4 Å². The van der Waals surface area contributed by atoms with E-state index in [1.165, 1.54) is 11.3 Å². The molecule has 0 bridgehead atoms. The second kappa shape index (κ2) is 7.26. The number of nitrogens with one attached hydrogen (secondary N) is 1. The van der Waals surface area contributed by atoms with E-state index in [1.54, 1.807) is 18.2 Å². The van der Waals surface area contributed by atoms with E-state index in [0.29, 0.717) is 32.2 Å². The van der Waals surface area contributed by atoms with Gasteiger partial charge >= 0.3 is 5.69 Å². The van der Waals surface area contributed by atoms with Crippen molar-refractivity contribution >= 4 is 50.7 Å². The highest BCUT2D eigenvalue weighted by Gasteiger charge is 2.18. The number of aromatic amines is 1. The molecular formula is C17H15Cl2N3O3S. The van der Waals surface area contributed by atoms with E-state index < -0.39 is 17.2 Å². The SMILES string of the molecule is Cc1sc2[nH]c(=O)n(CCCC(N)=O)c(=O)c2c1-c1ccc(Cl)c(Cl)c1. The number of fused-ring (bicyclic) bond motifs is 1. The normalized spacial score (nSPS) is 11.2. The molecule has 3 N–H and O–H groups in total. The van der Waals surface area contributed by atoms with Crippen LogP contribution in [0.2, 0.25) is 10.0 Å². The molecule has 0 aliphatic rings. The number of nitrogens with zero attached hydrogens (tertiary/aromatic N) is 1. The molecule has 2 heterocycles. The van der Waals surface area contributed by atoms with Crippen LogP contribution < -0.4 is 17.0 Å². The Bertz CT molecular complexity index is 1130. The summed E-state index contributed by atoms with van der Waals surface area (Å²) in [6.07, 6.45) is 0.418. The molecule has 0 unspecified atom stereocenters. The summed E-state index contributed by atoms with van der Waals surface area (Å²) in [5, 5.41) is 1.23. The molecule has 0 saturated carbocycles. The molecule has 9 heteroatoms. The third-order valence-electron chi connectivity index (χ3n) is 4.02. The first-order valence-corrected chi connectivity index (χ1v) is 9.36. The smallest absolute Gasteiger partial charge is 0.329 e. The minimum absolute atomic E-state index is 0.103. The number of carbonyl (C=O) groups excluding carboxylic acids is 1. The van der Waals surface area contributed by atoms with Gasteiger partial charge in [0, 0.05) is 23.4 Å². The van der Waals surface area contributed by atoms with Crippen LogP contribution in [-0.4, -0.2) is 15.5 Å². The average molecular weight is 412 g/mol. The number of carbonyl (C=O) groups is 1. The fourth-order valence-corrected chi connectivity index (χ4v) is 4.20. The second-order valence-electron chi connectivity index (χ2n) is 5.82. The Morgan fingerprint density at radius 1 is 1.27 bits per heavy atom. The summed E-state index contributed by atoms with van der Waals surface area (Å²) in [6, 6.07) is 5.14. The maximum absolute atomic E-state index is 13.0. The molecule has 0 spiro atoms. The molecular weight excluding hydrogens is 397 g/mol. The van der Waals surface area contributed by atoms with E-state index in [4.69, 9.17) is 28.9 Å². The first-order valence-electron chi connectivity index (χ1n) is 7.79. The minimum Gasteiger partial charge on any atom is -0.370 e. The number of thiophene rings is 1. The lowest BCUT2D eigenvalue weighted by molar-refractivity contribution is -0.118. The van der Waals surface area contributed by atoms with E-state index in [1.807, 2.05) is 6.92 Å². The van der Waals surface area contributed by atoms with Crippen LogP contribution in [-0.2, 0) is 11.3 Å². The van der Waals surface area contributed by atoms with Crippen LogP contribution in [0.1, 0.15) is 17.7 Å². The van der Waals surface area contributed by atoms with Gasteiger partial charge in [-0.3, -0.25) is 19.1 Å². The highest BCUT2D eigenvalue weighted by Crippen LogP contribution is 2.37. The highest BCUT2D eigenvalue weighted by atomic mass is 35.5. The third kappa shape index (κ3) is 3.42. The lowest BCUT2D eigenvalue weighted by Crippen LogP contribution is -2.35. The summed E-state index contributed by atoms with van der Waals surface area (Å²) < 4.78 is 1.10. The van der Waals surface area contributed by atoms with Gasteiger partial charge in [0.1, 0.15) is 4.83 Å². The Morgan fingerprint density at radius 2 is 2.00 bits per heavy atom. The number of rotatable bonds is 5. The Hall–Kier alpha value is -2.09. The molecule has 0 radical (unpaired) electrons. The maximum Gasteiger partial charge on any atom is 0.329 e. The summed E-state index contributed by atoms with van der Waals surface area (Å²) in [7, 11) is 0. The Balaban J connectivity index is 2.20. The molecule has 1 amide bonds. The Morgan fingerprint density at radius 3 is 2.65 bits per heavy atom. The largest absolute Gasteiger partial charge is 0.370 e. The third-order valence-corrected chi connectivity index (χ3v) is 5.78. The number of primary amides is 1. The van der Waals surface area contributed by atoms with Gasteiger partial charge in [-0.2, -0.15) is 0 Å². The highest BCUT2D eigenvalue weighted by molar-refractivity contribution is 7.19. The summed E-state index contributed by atoms with van der Waals surface area (Å²) in [5.74, 6) is -0.474. The zero-order chi connectivity index (χ0) is 19.0. The van der Waals surface area contributed by atoms with Gasteiger partial charge < -0.3 is 5.73 Å². The molecule has 3 aromatic rings. The number of hydrogen-bond acceptors (Lipinski definition) is 4. The number of aromatic nitrogens is 2. The van der Waals surface area contributed by atoms with Crippen molar-refractivity contribution in [2.45, 2.75) is 26.3 Å². The van der Waals surface area contributed by atoms with Gasteiger partial charge in [-0.25, -0.2) is 4.79 Å². The van der Waals surface area contributed by atoms with Crippen molar-refractivity contribution in [3.8, 4) is 11.1 Å². The Labute approximate surface area is 162 Å². The second-order valence-corrected chi connectivity index (χ2v) is 7.86. The number of aryl methyl sites for hydroxylation is 1. The number of H-pyrrole nitrogens is 1. The van der Waals surface area contributed by atoms with Crippen LogP contribution in [0.15, 0.2) is 27.8 Å². The standard InChI is InChI=1S/C17H15Cl2N3O3S/c1-8-13(9-4-5-10(18)11(19)7-9)14-15(26-8)21-17(25)22(16(14)24)6-2-3-12(20)23/h4-5,7H,2-3,6H2,1H3,(H2,20,23)(H,21,25). The van der Waals surface area contributed by atoms with Gasteiger partial charge in [-0.1, -0.05) is 29.3 Å². The van der Waals surface area contributed by atoms with Gasteiger partial charge in [-0.05, 0) is 31.0 Å². The van der Waals surface area contributed by atoms with Gasteiger partial charge in [0.2, 0.25) is 5.91 Å². The molecule has 26 heavy (non-hydrogen) atoms. The average Bonchev–Trinajstić information content (AvgIpc) is 2.89. The first-order chi connectivity index (χ1) is 12.3. The predicted molar refractivity (Wildman–Crippen MR) is 105 cm³/mol. The number of hydrogen-bond donors (Lipinski definition) is 2. The van der Waals surface area contributed by atoms with Crippen LogP contribution >= 0.6 is 34.5 Å². The van der Waals surface area contributed by atoms with Crippen molar-refractivity contribution in [3.63, 3.8) is 0 Å². The van der Waals surface area contributed by atoms with E-state index in [0.717, 1.165) is 15.0 Å². The predicted octanol–water partition coefficient (Wildman–Crippen LogP) is 3.30. The Kier molecular flexibility index (Phi) is 5.22. The summed E-state index contributed by atoms with van der Waals surface area (Å²) >= 11 is 13.4. The van der Waals surface area contributed by atoms with Crippen LogP contribution in [0, 0.1) is 6.92 Å². The minimum atomic E-state index is -0.506. The van der Waals surface area contributed by atoms with Crippen molar-refractivity contribution in [2.75, 3.05) is 0 Å². The number of halogens is 2. The molecule has 0 atom stereocenters. The van der Waals surface area contributed by atoms with Gasteiger partial charge in [0.15, 0.2) is 0 Å². The molecule has 1 aromatic carbocycles. The van der Waals surface area contributed by atoms with Crippen molar-refractivity contribution in [1.29, 1.82) is 0 Å². The van der Waals surface area contributed by atoms with Gasteiger partial charge in [0.25, 0.3) is 5.56 Å². The van der Waals surface area contributed by atoms with Gasteiger partial charge in [-0.15, -0.1) is 11.3 Å². The lowest BCUT2D eigenvalue weighted by atomic mass is 10.0. The van der Waals surface area contributed by atoms with E-state index >= 15 is 0 Å². The zero-order valence-electron chi connectivity index (χ0n) is 13.8. The van der Waals surface area contributed by atoms with Crippen molar-refractivity contribution in [2.24, 2.45) is 5.73 Å². The fraction of sp³-hybridized carbons (Fsp3) is 0.235. The van der Waals surface area contributed by atoms with Crippen LogP contribution in [0.4, 0.5) is 0 Å². The van der Waals surface area contributed by atoms with E-state index in [2.05, 4.69) is 4.98 Å². The summed E-state index contributed by atoms with van der Waals surface area (Å²) in [4.78, 5) is 40.2. The molecule has 136 valence electrons. The van der Waals surface area contributed by atoms with Crippen molar-refractivity contribution in [1.82, 2.24) is 9.55 Å². The van der Waals surface area contributed by atoms with E-state index in [-0.39, 0.29) is 13.0 Å². The lowest BCUT2D eigenvalue weighted by Gasteiger charge is -2.07. The molecule has 6 nitrogen and oxygen atoms in total. The fourth-order valence-electron chi connectivity index (χ4n) is 2.84. The molecule has 0 saturated heterocycles. The van der Waals surface area contributed by atoms with Crippen LogP contribution in [0.3, 0.4) is 0 Å². The molecule has 2 aromatic heterocycles. The quantitative estimate of drug-likeness (QED) is 0.673. The maximum atomic E-state index is 13.0. The van der Waals surface area contributed by atoms with Crippen LogP contribution in [0.5, 0.6) is 0 Å².